The molecule has 1 aromatic rings. The lowest BCUT2D eigenvalue weighted by atomic mass is 10.1. The van der Waals surface area contributed by atoms with Gasteiger partial charge < -0.3 is 5.11 Å². The van der Waals surface area contributed by atoms with Gasteiger partial charge in [0.2, 0.25) is 0 Å². The van der Waals surface area contributed by atoms with Gasteiger partial charge in [0, 0.05) is 10.7 Å². The highest BCUT2D eigenvalue weighted by Crippen LogP contribution is 2.24. The molecule has 0 bridgehead atoms. The van der Waals surface area contributed by atoms with Crippen molar-refractivity contribution < 1.29 is 5.11 Å². The van der Waals surface area contributed by atoms with E-state index in [0.29, 0.717) is 5.69 Å². The van der Waals surface area contributed by atoms with Gasteiger partial charge in [0.15, 0.2) is 0 Å². The van der Waals surface area contributed by atoms with Gasteiger partial charge in [-0.15, -0.1) is 0 Å². The molecule has 1 rings (SSSR count). The Bertz CT molecular complexity index is 255. The van der Waals surface area contributed by atoms with Gasteiger partial charge in [-0.2, -0.15) is 0 Å². The summed E-state index contributed by atoms with van der Waals surface area (Å²) in [5, 5.41) is 9.58. The summed E-state index contributed by atoms with van der Waals surface area (Å²) in [7, 11) is 0. The van der Waals surface area contributed by atoms with E-state index in [-0.39, 0.29) is 0 Å². The molecule has 0 aromatic carbocycles. The Kier molecular flexibility index (Phi) is 2.30. The minimum Gasteiger partial charge on any atom is -0.384 e. The molecule has 0 radical (unpaired) electrons. The first-order chi connectivity index (χ1) is 5.02. The molecule has 0 aliphatic carbocycles. The number of halogens is 1. The van der Waals surface area contributed by atoms with E-state index in [2.05, 4.69) is 20.9 Å². The maximum Gasteiger partial charge on any atom is 0.102 e. The summed E-state index contributed by atoms with van der Waals surface area (Å²) in [6, 6.07) is 3.68. The molecule has 1 N–H and O–H groups in total. The fraction of sp³-hybridized carbons (Fsp3) is 0.375. The molecule has 1 aromatic heterocycles. The number of pyridine rings is 1. The molecule has 0 saturated carbocycles. The van der Waals surface area contributed by atoms with E-state index in [0.717, 1.165) is 4.47 Å². The molecular formula is C8H10BrNO. The first-order valence-corrected chi connectivity index (χ1v) is 4.14. The zero-order chi connectivity index (χ0) is 8.48. The van der Waals surface area contributed by atoms with Gasteiger partial charge in [-0.05, 0) is 41.9 Å². The van der Waals surface area contributed by atoms with Crippen LogP contribution >= 0.6 is 15.9 Å². The Hall–Kier alpha value is -0.410. The van der Waals surface area contributed by atoms with Crippen molar-refractivity contribution in [1.82, 2.24) is 4.98 Å². The highest BCUT2D eigenvalue weighted by atomic mass is 79.9. The molecule has 2 nitrogen and oxygen atoms in total. The fourth-order valence-corrected chi connectivity index (χ4v) is 1.58. The maximum atomic E-state index is 9.58. The summed E-state index contributed by atoms with van der Waals surface area (Å²) < 4.78 is 0.840. The van der Waals surface area contributed by atoms with Crippen molar-refractivity contribution in [3.05, 3.63) is 28.5 Å². The summed E-state index contributed by atoms with van der Waals surface area (Å²) >= 11 is 3.31. The van der Waals surface area contributed by atoms with Crippen LogP contribution in [-0.4, -0.2) is 10.1 Å². The summed E-state index contributed by atoms with van der Waals surface area (Å²) in [5.41, 5.74) is -0.208. The van der Waals surface area contributed by atoms with Crippen molar-refractivity contribution in [2.45, 2.75) is 19.4 Å². The minimum absolute atomic E-state index is 0.667. The molecule has 60 valence electrons. The van der Waals surface area contributed by atoms with Gasteiger partial charge in [0.1, 0.15) is 5.60 Å². The van der Waals surface area contributed by atoms with E-state index in [9.17, 15) is 5.11 Å². The molecule has 0 fully saturated rings. The lowest BCUT2D eigenvalue weighted by Gasteiger charge is -2.17. The fourth-order valence-electron chi connectivity index (χ4n) is 0.836. The average molecular weight is 216 g/mol. The molecule has 0 aliphatic heterocycles. The van der Waals surface area contributed by atoms with Crippen molar-refractivity contribution in [2.75, 3.05) is 0 Å². The maximum absolute atomic E-state index is 9.58. The second-order valence-corrected chi connectivity index (χ2v) is 3.75. The zero-order valence-electron chi connectivity index (χ0n) is 6.50. The van der Waals surface area contributed by atoms with Crippen molar-refractivity contribution in [3.63, 3.8) is 0 Å². The van der Waals surface area contributed by atoms with Gasteiger partial charge >= 0.3 is 0 Å². The molecule has 11 heavy (non-hydrogen) atoms. The minimum atomic E-state index is -0.875. The molecule has 0 aliphatic rings. The third-order valence-corrected chi connectivity index (χ3v) is 1.98. The summed E-state index contributed by atoms with van der Waals surface area (Å²) in [5.74, 6) is 0. The number of hydrogen-bond acceptors (Lipinski definition) is 2. The van der Waals surface area contributed by atoms with Gasteiger partial charge in [-0.3, -0.25) is 4.98 Å². The highest BCUT2D eigenvalue weighted by Gasteiger charge is 2.19. The molecular weight excluding hydrogens is 206 g/mol. The van der Waals surface area contributed by atoms with Gasteiger partial charge in [-0.25, -0.2) is 0 Å². The Morgan fingerprint density at radius 1 is 1.55 bits per heavy atom. The smallest absolute Gasteiger partial charge is 0.102 e. The lowest BCUT2D eigenvalue weighted by Crippen LogP contribution is -2.17. The predicted octanol–water partition coefficient (Wildman–Crippen LogP) is 2.07. The van der Waals surface area contributed by atoms with E-state index in [1.807, 2.05) is 12.1 Å². The predicted molar refractivity (Wildman–Crippen MR) is 47.2 cm³/mol. The standard InChI is InChI=1S/C8H10BrNO/c1-8(2,11)7-6(9)4-3-5-10-7/h3-5,11H,1-2H3. The normalized spacial score (nSPS) is 11.6. The van der Waals surface area contributed by atoms with E-state index in [4.69, 9.17) is 0 Å². The van der Waals surface area contributed by atoms with Gasteiger partial charge in [0.05, 0.1) is 5.69 Å². The van der Waals surface area contributed by atoms with Crippen molar-refractivity contribution in [2.24, 2.45) is 0 Å². The average Bonchev–Trinajstić information content (AvgIpc) is 1.86. The monoisotopic (exact) mass is 215 g/mol. The first kappa shape index (κ1) is 8.68. The Morgan fingerprint density at radius 2 is 2.18 bits per heavy atom. The number of hydrogen-bond donors (Lipinski definition) is 1. The quantitative estimate of drug-likeness (QED) is 0.779. The number of rotatable bonds is 1. The van der Waals surface area contributed by atoms with E-state index >= 15 is 0 Å². The zero-order valence-corrected chi connectivity index (χ0v) is 8.09. The molecule has 0 saturated heterocycles. The Morgan fingerprint density at radius 3 is 2.55 bits per heavy atom. The summed E-state index contributed by atoms with van der Waals surface area (Å²) in [6.07, 6.45) is 1.66. The van der Waals surface area contributed by atoms with E-state index in [1.165, 1.54) is 0 Å². The number of nitrogens with zero attached hydrogens (tertiary/aromatic N) is 1. The summed E-state index contributed by atoms with van der Waals surface area (Å²) in [4.78, 5) is 4.05. The number of aromatic nitrogens is 1. The van der Waals surface area contributed by atoms with Gasteiger partial charge in [-0.1, -0.05) is 0 Å². The van der Waals surface area contributed by atoms with Crippen LogP contribution < -0.4 is 0 Å². The summed E-state index contributed by atoms with van der Waals surface area (Å²) in [6.45, 7) is 3.42. The van der Waals surface area contributed by atoms with E-state index < -0.39 is 5.60 Å². The van der Waals surface area contributed by atoms with Crippen molar-refractivity contribution in [1.29, 1.82) is 0 Å². The number of aliphatic hydroxyl groups is 1. The van der Waals surface area contributed by atoms with Crippen LogP contribution in [-0.2, 0) is 5.60 Å². The second kappa shape index (κ2) is 2.91. The van der Waals surface area contributed by atoms with Crippen LogP contribution in [0.3, 0.4) is 0 Å². The molecule has 0 atom stereocenters. The van der Waals surface area contributed by atoms with Crippen LogP contribution in [0.2, 0.25) is 0 Å². The SMILES string of the molecule is CC(C)(O)c1ncccc1Br. The van der Waals surface area contributed by atoms with Crippen LogP contribution in [0, 0.1) is 0 Å². The topological polar surface area (TPSA) is 33.1 Å². The molecule has 0 spiro atoms. The molecule has 1 heterocycles. The Labute approximate surface area is 74.4 Å². The largest absolute Gasteiger partial charge is 0.384 e. The van der Waals surface area contributed by atoms with Crippen LogP contribution in [0.15, 0.2) is 22.8 Å². The van der Waals surface area contributed by atoms with Crippen molar-refractivity contribution >= 4 is 15.9 Å². The molecule has 0 amide bonds. The molecule has 0 unspecified atom stereocenters. The van der Waals surface area contributed by atoms with E-state index in [1.54, 1.807) is 20.0 Å². The lowest BCUT2D eigenvalue weighted by molar-refractivity contribution is 0.0730. The molecule has 3 heteroatoms. The third kappa shape index (κ3) is 2.01. The van der Waals surface area contributed by atoms with Gasteiger partial charge in [0.25, 0.3) is 0 Å². The van der Waals surface area contributed by atoms with Crippen LogP contribution in [0.4, 0.5) is 0 Å². The second-order valence-electron chi connectivity index (χ2n) is 2.89. The van der Waals surface area contributed by atoms with Crippen LogP contribution in [0.1, 0.15) is 19.5 Å². The van der Waals surface area contributed by atoms with Crippen molar-refractivity contribution in [3.8, 4) is 0 Å². The Balaban J connectivity index is 3.14. The highest BCUT2D eigenvalue weighted by molar-refractivity contribution is 9.10. The van der Waals surface area contributed by atoms with Crippen LogP contribution in [0.25, 0.3) is 0 Å². The third-order valence-electron chi connectivity index (χ3n) is 1.34. The first-order valence-electron chi connectivity index (χ1n) is 3.35. The van der Waals surface area contributed by atoms with Crippen LogP contribution in [0.5, 0.6) is 0 Å².